The molecule has 1 rings (SSSR count). The SMILES string of the molecule is CN(Cc1ccc(Br)cc1)S(=O)(=O)CCO. The van der Waals surface area contributed by atoms with Crippen LogP contribution < -0.4 is 0 Å². The first-order valence-electron chi connectivity index (χ1n) is 4.75. The van der Waals surface area contributed by atoms with Crippen LogP contribution in [0.15, 0.2) is 28.7 Å². The molecule has 1 aromatic rings. The first-order valence-corrected chi connectivity index (χ1v) is 7.15. The van der Waals surface area contributed by atoms with Gasteiger partial charge in [0.25, 0.3) is 0 Å². The minimum absolute atomic E-state index is 0.236. The van der Waals surface area contributed by atoms with Gasteiger partial charge in [-0.25, -0.2) is 12.7 Å². The van der Waals surface area contributed by atoms with Crippen LogP contribution in [0.2, 0.25) is 0 Å². The minimum Gasteiger partial charge on any atom is -0.395 e. The van der Waals surface area contributed by atoms with Gasteiger partial charge < -0.3 is 5.11 Å². The highest BCUT2D eigenvalue weighted by molar-refractivity contribution is 9.10. The Balaban J connectivity index is 2.71. The van der Waals surface area contributed by atoms with Crippen molar-refractivity contribution in [2.45, 2.75) is 6.54 Å². The third-order valence-electron chi connectivity index (χ3n) is 2.14. The van der Waals surface area contributed by atoms with Gasteiger partial charge in [-0.3, -0.25) is 0 Å². The maximum atomic E-state index is 11.6. The van der Waals surface area contributed by atoms with E-state index >= 15 is 0 Å². The van der Waals surface area contributed by atoms with Crippen molar-refractivity contribution >= 4 is 26.0 Å². The number of sulfonamides is 1. The number of aliphatic hydroxyl groups excluding tert-OH is 1. The lowest BCUT2D eigenvalue weighted by Crippen LogP contribution is -2.30. The maximum absolute atomic E-state index is 11.6. The minimum atomic E-state index is -3.35. The highest BCUT2D eigenvalue weighted by atomic mass is 79.9. The zero-order chi connectivity index (χ0) is 12.2. The van der Waals surface area contributed by atoms with Gasteiger partial charge in [-0.2, -0.15) is 0 Å². The lowest BCUT2D eigenvalue weighted by Gasteiger charge is -2.16. The van der Waals surface area contributed by atoms with Crippen LogP contribution in [0.3, 0.4) is 0 Å². The Morgan fingerprint density at radius 1 is 1.31 bits per heavy atom. The molecule has 0 fully saturated rings. The molecule has 0 spiro atoms. The Morgan fingerprint density at radius 2 is 1.88 bits per heavy atom. The smallest absolute Gasteiger partial charge is 0.216 e. The molecule has 0 saturated heterocycles. The van der Waals surface area contributed by atoms with Gasteiger partial charge in [0.15, 0.2) is 0 Å². The van der Waals surface area contributed by atoms with Crippen LogP contribution >= 0.6 is 15.9 Å². The summed E-state index contributed by atoms with van der Waals surface area (Å²) in [4.78, 5) is 0. The molecule has 0 aromatic heterocycles. The van der Waals surface area contributed by atoms with E-state index < -0.39 is 10.0 Å². The predicted molar refractivity (Wildman–Crippen MR) is 66.5 cm³/mol. The molecule has 0 aliphatic heterocycles. The Labute approximate surface area is 104 Å². The standard InChI is InChI=1S/C10H14BrNO3S/c1-12(16(14,15)7-6-13)8-9-2-4-10(11)5-3-9/h2-5,13H,6-8H2,1H3. The van der Waals surface area contributed by atoms with Gasteiger partial charge >= 0.3 is 0 Å². The van der Waals surface area contributed by atoms with Crippen molar-refractivity contribution in [3.05, 3.63) is 34.3 Å². The number of rotatable bonds is 5. The largest absolute Gasteiger partial charge is 0.395 e. The first kappa shape index (κ1) is 13.6. The fourth-order valence-corrected chi connectivity index (χ4v) is 2.37. The summed E-state index contributed by atoms with van der Waals surface area (Å²) in [6, 6.07) is 7.44. The highest BCUT2D eigenvalue weighted by Gasteiger charge is 2.16. The molecule has 0 unspecified atom stereocenters. The molecule has 6 heteroatoms. The van der Waals surface area contributed by atoms with Crippen molar-refractivity contribution in [1.29, 1.82) is 0 Å². The zero-order valence-electron chi connectivity index (χ0n) is 8.93. The summed E-state index contributed by atoms with van der Waals surface area (Å²) in [6.45, 7) is -0.0391. The number of benzene rings is 1. The molecule has 0 bridgehead atoms. The fourth-order valence-electron chi connectivity index (χ4n) is 1.22. The van der Waals surface area contributed by atoms with Gasteiger partial charge in [-0.15, -0.1) is 0 Å². The quantitative estimate of drug-likeness (QED) is 0.889. The molecule has 4 nitrogen and oxygen atoms in total. The van der Waals surface area contributed by atoms with E-state index in [0.29, 0.717) is 6.54 Å². The Bertz CT molecular complexity index is 430. The second-order valence-electron chi connectivity index (χ2n) is 3.42. The summed E-state index contributed by atoms with van der Waals surface area (Å²) in [5.41, 5.74) is 0.909. The van der Waals surface area contributed by atoms with Crippen LogP contribution in [0.1, 0.15) is 5.56 Å². The Hall–Kier alpha value is -0.430. The third kappa shape index (κ3) is 3.86. The van der Waals surface area contributed by atoms with E-state index in [9.17, 15) is 8.42 Å². The maximum Gasteiger partial charge on any atom is 0.216 e. The average molecular weight is 308 g/mol. The monoisotopic (exact) mass is 307 g/mol. The number of halogens is 1. The molecule has 0 atom stereocenters. The second kappa shape index (κ2) is 5.77. The lowest BCUT2D eigenvalue weighted by molar-refractivity contribution is 0.316. The topological polar surface area (TPSA) is 57.6 Å². The fraction of sp³-hybridized carbons (Fsp3) is 0.400. The van der Waals surface area contributed by atoms with E-state index in [1.165, 1.54) is 11.4 Å². The van der Waals surface area contributed by atoms with Crippen LogP contribution in [0.4, 0.5) is 0 Å². The molecule has 1 N–H and O–H groups in total. The van der Waals surface area contributed by atoms with Crippen molar-refractivity contribution in [2.75, 3.05) is 19.4 Å². The van der Waals surface area contributed by atoms with Crippen LogP contribution in [0.5, 0.6) is 0 Å². The summed E-state index contributed by atoms with van der Waals surface area (Å²) in [7, 11) is -1.84. The molecule has 0 radical (unpaired) electrons. The molecule has 16 heavy (non-hydrogen) atoms. The normalized spacial score (nSPS) is 12.0. The van der Waals surface area contributed by atoms with Gasteiger partial charge in [0.1, 0.15) is 0 Å². The molecule has 0 aliphatic rings. The molecule has 90 valence electrons. The van der Waals surface area contributed by atoms with Crippen LogP contribution in [0, 0.1) is 0 Å². The number of hydrogen-bond acceptors (Lipinski definition) is 3. The molecule has 0 aliphatic carbocycles. The van der Waals surface area contributed by atoms with E-state index in [0.717, 1.165) is 10.0 Å². The number of nitrogens with zero attached hydrogens (tertiary/aromatic N) is 1. The van der Waals surface area contributed by atoms with E-state index in [1.807, 2.05) is 24.3 Å². The molecule has 1 aromatic carbocycles. The van der Waals surface area contributed by atoms with E-state index in [2.05, 4.69) is 15.9 Å². The van der Waals surface area contributed by atoms with Crippen LogP contribution in [-0.2, 0) is 16.6 Å². The van der Waals surface area contributed by atoms with Gasteiger partial charge in [-0.1, -0.05) is 28.1 Å². The van der Waals surface area contributed by atoms with Crippen LogP contribution in [-0.4, -0.2) is 37.2 Å². The molecular weight excluding hydrogens is 294 g/mol. The number of aliphatic hydroxyl groups is 1. The van der Waals surface area contributed by atoms with E-state index in [1.54, 1.807) is 0 Å². The first-order chi connectivity index (χ1) is 7.45. The average Bonchev–Trinajstić information content (AvgIpc) is 2.21. The summed E-state index contributed by atoms with van der Waals surface area (Å²) >= 11 is 3.31. The van der Waals surface area contributed by atoms with Crippen molar-refractivity contribution in [2.24, 2.45) is 0 Å². The molecule has 0 heterocycles. The van der Waals surface area contributed by atoms with Gasteiger partial charge in [-0.05, 0) is 17.7 Å². The van der Waals surface area contributed by atoms with Crippen molar-refractivity contribution in [1.82, 2.24) is 4.31 Å². The number of hydrogen-bond donors (Lipinski definition) is 1. The predicted octanol–water partition coefficient (Wildman–Crippen LogP) is 1.20. The van der Waals surface area contributed by atoms with Crippen molar-refractivity contribution in [3.63, 3.8) is 0 Å². The van der Waals surface area contributed by atoms with Gasteiger partial charge in [0.05, 0.1) is 12.4 Å². The van der Waals surface area contributed by atoms with Crippen molar-refractivity contribution < 1.29 is 13.5 Å². The third-order valence-corrected chi connectivity index (χ3v) is 4.45. The second-order valence-corrected chi connectivity index (χ2v) is 6.53. The molecule has 0 amide bonds. The Morgan fingerprint density at radius 3 is 2.38 bits per heavy atom. The van der Waals surface area contributed by atoms with Gasteiger partial charge in [0.2, 0.25) is 10.0 Å². The van der Waals surface area contributed by atoms with Crippen LogP contribution in [0.25, 0.3) is 0 Å². The van der Waals surface area contributed by atoms with E-state index in [-0.39, 0.29) is 12.4 Å². The molecular formula is C10H14BrNO3S. The summed E-state index contributed by atoms with van der Waals surface area (Å²) in [6.07, 6.45) is 0. The summed E-state index contributed by atoms with van der Waals surface area (Å²) in [5.74, 6) is -0.236. The van der Waals surface area contributed by atoms with Gasteiger partial charge in [0, 0.05) is 18.1 Å². The Kier molecular flexibility index (Phi) is 4.91. The zero-order valence-corrected chi connectivity index (χ0v) is 11.3. The van der Waals surface area contributed by atoms with E-state index in [4.69, 9.17) is 5.11 Å². The molecule has 0 saturated carbocycles. The summed E-state index contributed by atoms with van der Waals surface area (Å²) in [5, 5.41) is 8.64. The van der Waals surface area contributed by atoms with Crippen molar-refractivity contribution in [3.8, 4) is 0 Å². The lowest BCUT2D eigenvalue weighted by atomic mass is 10.2. The summed E-state index contributed by atoms with van der Waals surface area (Å²) < 4.78 is 25.3. The highest BCUT2D eigenvalue weighted by Crippen LogP contribution is 2.13.